The number of likely N-dealkylation sites (N-methyl/N-ethyl adjacent to an activating group) is 1. The van der Waals surface area contributed by atoms with Gasteiger partial charge in [0.25, 0.3) is 0 Å². The SMILES string of the molecule is CNC(Cc1ccc(F)cc1F)c1cc(Cl)sc1Cl. The Balaban J connectivity index is 2.26. The van der Waals surface area contributed by atoms with Gasteiger partial charge in [-0.2, -0.15) is 0 Å². The molecule has 2 rings (SSSR count). The van der Waals surface area contributed by atoms with E-state index in [1.165, 1.54) is 23.5 Å². The fraction of sp³-hybridized carbons (Fsp3) is 0.231. The van der Waals surface area contributed by atoms with E-state index in [0.717, 1.165) is 11.6 Å². The lowest BCUT2D eigenvalue weighted by Gasteiger charge is -2.16. The van der Waals surface area contributed by atoms with Crippen LogP contribution >= 0.6 is 34.5 Å². The summed E-state index contributed by atoms with van der Waals surface area (Å²) in [6.07, 6.45) is 0.370. The molecule has 2 aromatic rings. The molecule has 0 spiro atoms. The second kappa shape index (κ2) is 6.18. The van der Waals surface area contributed by atoms with Crippen LogP contribution < -0.4 is 5.32 Å². The molecular formula is C13H11Cl2F2NS. The van der Waals surface area contributed by atoms with Crippen LogP contribution in [-0.4, -0.2) is 7.05 Å². The van der Waals surface area contributed by atoms with E-state index in [0.29, 0.717) is 20.7 Å². The number of thiophene rings is 1. The first-order valence-electron chi connectivity index (χ1n) is 5.57. The van der Waals surface area contributed by atoms with Crippen molar-refractivity contribution in [1.82, 2.24) is 5.32 Å². The summed E-state index contributed by atoms with van der Waals surface area (Å²) < 4.78 is 27.7. The predicted molar refractivity (Wildman–Crippen MR) is 76.2 cm³/mol. The molecule has 1 nitrogen and oxygen atoms in total. The summed E-state index contributed by atoms with van der Waals surface area (Å²) in [5.41, 5.74) is 1.25. The fourth-order valence-corrected chi connectivity index (χ4v) is 3.44. The number of benzene rings is 1. The molecule has 0 saturated carbocycles. The van der Waals surface area contributed by atoms with Gasteiger partial charge in [0, 0.05) is 17.7 Å². The van der Waals surface area contributed by atoms with Crippen LogP contribution in [0.15, 0.2) is 24.3 Å². The zero-order valence-corrected chi connectivity index (χ0v) is 12.3. The quantitative estimate of drug-likeness (QED) is 0.849. The van der Waals surface area contributed by atoms with Gasteiger partial charge in [0.05, 0.1) is 8.67 Å². The first kappa shape index (κ1) is 14.7. The Morgan fingerprint density at radius 3 is 2.53 bits per heavy atom. The summed E-state index contributed by atoms with van der Waals surface area (Å²) in [6, 6.07) is 5.15. The molecule has 0 aliphatic carbocycles. The van der Waals surface area contributed by atoms with Crippen molar-refractivity contribution in [3.8, 4) is 0 Å². The van der Waals surface area contributed by atoms with Gasteiger partial charge in [0.1, 0.15) is 11.6 Å². The summed E-state index contributed by atoms with van der Waals surface area (Å²) >= 11 is 13.3. The normalized spacial score (nSPS) is 12.7. The van der Waals surface area contributed by atoms with Gasteiger partial charge >= 0.3 is 0 Å². The van der Waals surface area contributed by atoms with Crippen molar-refractivity contribution in [1.29, 1.82) is 0 Å². The van der Waals surface area contributed by atoms with Crippen LogP contribution in [0.5, 0.6) is 0 Å². The maximum absolute atomic E-state index is 13.6. The van der Waals surface area contributed by atoms with E-state index in [1.807, 2.05) is 0 Å². The van der Waals surface area contributed by atoms with E-state index >= 15 is 0 Å². The van der Waals surface area contributed by atoms with E-state index < -0.39 is 11.6 Å². The minimum atomic E-state index is -0.584. The molecule has 0 fully saturated rings. The summed E-state index contributed by atoms with van der Waals surface area (Å²) in [7, 11) is 1.76. The van der Waals surface area contributed by atoms with E-state index in [2.05, 4.69) is 5.32 Å². The highest BCUT2D eigenvalue weighted by molar-refractivity contribution is 7.20. The van der Waals surface area contributed by atoms with Crippen molar-refractivity contribution < 1.29 is 8.78 Å². The van der Waals surface area contributed by atoms with Crippen LogP contribution in [0.3, 0.4) is 0 Å². The summed E-state index contributed by atoms with van der Waals surface area (Å²) in [5.74, 6) is -1.14. The van der Waals surface area contributed by atoms with Gasteiger partial charge in [-0.1, -0.05) is 29.3 Å². The Morgan fingerprint density at radius 1 is 1.26 bits per heavy atom. The Morgan fingerprint density at radius 2 is 2.00 bits per heavy atom. The third kappa shape index (κ3) is 3.45. The van der Waals surface area contributed by atoms with Crippen molar-refractivity contribution in [3.63, 3.8) is 0 Å². The largest absolute Gasteiger partial charge is 0.313 e. The molecule has 6 heteroatoms. The second-order valence-corrected chi connectivity index (χ2v) is 6.35. The molecule has 0 radical (unpaired) electrons. The summed E-state index contributed by atoms with van der Waals surface area (Å²) in [5, 5.41) is 3.07. The highest BCUT2D eigenvalue weighted by Gasteiger charge is 2.18. The highest BCUT2D eigenvalue weighted by Crippen LogP contribution is 2.36. The first-order valence-corrected chi connectivity index (χ1v) is 7.14. The van der Waals surface area contributed by atoms with Gasteiger partial charge in [0.15, 0.2) is 0 Å². The van der Waals surface area contributed by atoms with Crippen molar-refractivity contribution in [3.05, 3.63) is 55.7 Å². The van der Waals surface area contributed by atoms with Crippen molar-refractivity contribution in [2.75, 3.05) is 7.05 Å². The lowest BCUT2D eigenvalue weighted by molar-refractivity contribution is 0.541. The smallest absolute Gasteiger partial charge is 0.129 e. The van der Waals surface area contributed by atoms with Gasteiger partial charge in [-0.3, -0.25) is 0 Å². The van der Waals surface area contributed by atoms with Gasteiger partial charge in [-0.05, 0) is 31.2 Å². The van der Waals surface area contributed by atoms with Gasteiger partial charge in [-0.15, -0.1) is 11.3 Å². The number of hydrogen-bond acceptors (Lipinski definition) is 2. The Bertz CT molecular complexity index is 586. The molecular weight excluding hydrogens is 311 g/mol. The molecule has 1 heterocycles. The monoisotopic (exact) mass is 321 g/mol. The molecule has 102 valence electrons. The molecule has 1 N–H and O–H groups in total. The molecule has 1 aromatic carbocycles. The number of hydrogen-bond donors (Lipinski definition) is 1. The third-order valence-electron chi connectivity index (χ3n) is 2.85. The molecule has 0 aliphatic rings. The molecule has 0 amide bonds. The van der Waals surface area contributed by atoms with Crippen LogP contribution in [0.1, 0.15) is 17.2 Å². The van der Waals surface area contributed by atoms with Crippen LogP contribution in [0, 0.1) is 11.6 Å². The van der Waals surface area contributed by atoms with E-state index in [4.69, 9.17) is 23.2 Å². The van der Waals surface area contributed by atoms with Gasteiger partial charge in [-0.25, -0.2) is 8.78 Å². The lowest BCUT2D eigenvalue weighted by atomic mass is 10.0. The third-order valence-corrected chi connectivity index (χ3v) is 4.36. The van der Waals surface area contributed by atoms with E-state index in [1.54, 1.807) is 13.1 Å². The summed E-state index contributed by atoms with van der Waals surface area (Å²) in [6.45, 7) is 0. The van der Waals surface area contributed by atoms with Crippen molar-refractivity contribution in [2.45, 2.75) is 12.5 Å². The van der Waals surface area contributed by atoms with Crippen molar-refractivity contribution >= 4 is 34.5 Å². The maximum Gasteiger partial charge on any atom is 0.129 e. The fourth-order valence-electron chi connectivity index (χ4n) is 1.87. The first-order chi connectivity index (χ1) is 9.01. The Kier molecular flexibility index (Phi) is 4.79. The zero-order chi connectivity index (χ0) is 14.0. The summed E-state index contributed by atoms with van der Waals surface area (Å²) in [4.78, 5) is 0. The second-order valence-electron chi connectivity index (χ2n) is 4.06. The van der Waals surface area contributed by atoms with Crippen LogP contribution in [0.2, 0.25) is 8.67 Å². The molecule has 19 heavy (non-hydrogen) atoms. The predicted octanol–water partition coefficient (Wildman–Crippen LogP) is 4.84. The van der Waals surface area contributed by atoms with Gasteiger partial charge in [0.2, 0.25) is 0 Å². The maximum atomic E-state index is 13.6. The molecule has 0 aliphatic heterocycles. The van der Waals surface area contributed by atoms with Crippen LogP contribution in [-0.2, 0) is 6.42 Å². The number of rotatable bonds is 4. The molecule has 0 saturated heterocycles. The van der Waals surface area contributed by atoms with E-state index in [-0.39, 0.29) is 6.04 Å². The Labute approximate surface area is 124 Å². The molecule has 1 atom stereocenters. The lowest BCUT2D eigenvalue weighted by Crippen LogP contribution is -2.19. The van der Waals surface area contributed by atoms with E-state index in [9.17, 15) is 8.78 Å². The molecule has 0 bridgehead atoms. The van der Waals surface area contributed by atoms with Crippen LogP contribution in [0.25, 0.3) is 0 Å². The number of nitrogens with one attached hydrogen (secondary N) is 1. The molecule has 1 unspecified atom stereocenters. The highest BCUT2D eigenvalue weighted by atomic mass is 35.5. The van der Waals surface area contributed by atoms with Crippen LogP contribution in [0.4, 0.5) is 8.78 Å². The standard InChI is InChI=1S/C13H11Cl2F2NS/c1-18-11(9-6-12(14)19-13(9)15)4-7-2-3-8(16)5-10(7)17/h2-3,5-6,11,18H,4H2,1H3. The average molecular weight is 322 g/mol. The van der Waals surface area contributed by atoms with Gasteiger partial charge < -0.3 is 5.32 Å². The topological polar surface area (TPSA) is 12.0 Å². The average Bonchev–Trinajstić information content (AvgIpc) is 2.68. The minimum Gasteiger partial charge on any atom is -0.313 e. The Hall–Kier alpha value is -0.680. The molecule has 1 aromatic heterocycles. The zero-order valence-electron chi connectivity index (χ0n) is 10.0. The number of halogens is 4. The van der Waals surface area contributed by atoms with Crippen molar-refractivity contribution in [2.24, 2.45) is 0 Å². The minimum absolute atomic E-state index is 0.170.